The van der Waals surface area contributed by atoms with E-state index in [-0.39, 0.29) is 24.9 Å². The van der Waals surface area contributed by atoms with Gasteiger partial charge in [0, 0.05) is 5.02 Å². The Morgan fingerprint density at radius 3 is 2.48 bits per heavy atom. The first kappa shape index (κ1) is 20.5. The van der Waals surface area contributed by atoms with Gasteiger partial charge in [0.1, 0.15) is 6.54 Å². The molecule has 0 aliphatic heterocycles. The van der Waals surface area contributed by atoms with E-state index in [0.717, 1.165) is 11.1 Å². The van der Waals surface area contributed by atoms with Crippen LogP contribution >= 0.6 is 11.6 Å². The fourth-order valence-electron chi connectivity index (χ4n) is 2.35. The molecule has 1 atom stereocenters. The van der Waals surface area contributed by atoms with Crippen molar-refractivity contribution in [2.75, 3.05) is 13.2 Å². The zero-order valence-electron chi connectivity index (χ0n) is 14.9. The SMILES string of the molecule is C[C@@H](NC(=O)COC(=O)CNC(=O)Cc1ccccc1)c1cccc(Cl)c1. The second-order valence-corrected chi connectivity index (χ2v) is 6.38. The molecule has 0 saturated heterocycles. The van der Waals surface area contributed by atoms with Crippen LogP contribution in [0, 0.1) is 0 Å². The molecule has 0 aliphatic carbocycles. The number of esters is 1. The minimum Gasteiger partial charge on any atom is -0.454 e. The molecule has 0 aromatic heterocycles. The number of amides is 2. The minimum absolute atomic E-state index is 0.172. The predicted octanol–water partition coefficient (Wildman–Crippen LogP) is 2.42. The molecule has 0 unspecified atom stereocenters. The largest absolute Gasteiger partial charge is 0.454 e. The van der Waals surface area contributed by atoms with Crippen molar-refractivity contribution in [1.82, 2.24) is 10.6 Å². The molecular weight excluding hydrogens is 368 g/mol. The molecule has 0 radical (unpaired) electrons. The van der Waals surface area contributed by atoms with E-state index in [1.807, 2.05) is 36.4 Å². The maximum atomic E-state index is 11.9. The third-order valence-corrected chi connectivity index (χ3v) is 3.96. The van der Waals surface area contributed by atoms with Crippen LogP contribution in [0.3, 0.4) is 0 Å². The summed E-state index contributed by atoms with van der Waals surface area (Å²) < 4.78 is 4.87. The van der Waals surface area contributed by atoms with Crippen LogP contribution in [-0.2, 0) is 25.5 Å². The second kappa shape index (κ2) is 10.3. The van der Waals surface area contributed by atoms with Crippen molar-refractivity contribution in [3.63, 3.8) is 0 Å². The molecule has 0 fully saturated rings. The maximum absolute atomic E-state index is 11.9. The Morgan fingerprint density at radius 2 is 1.78 bits per heavy atom. The lowest BCUT2D eigenvalue weighted by Gasteiger charge is -2.14. The van der Waals surface area contributed by atoms with Crippen molar-refractivity contribution < 1.29 is 19.1 Å². The molecule has 2 aromatic carbocycles. The average molecular weight is 389 g/mol. The number of benzene rings is 2. The molecule has 6 nitrogen and oxygen atoms in total. The summed E-state index contributed by atoms with van der Waals surface area (Å²) in [5, 5.41) is 5.76. The van der Waals surface area contributed by atoms with Gasteiger partial charge in [-0.25, -0.2) is 0 Å². The lowest BCUT2D eigenvalue weighted by atomic mass is 10.1. The molecule has 2 rings (SSSR count). The zero-order valence-corrected chi connectivity index (χ0v) is 15.7. The fourth-order valence-corrected chi connectivity index (χ4v) is 2.55. The van der Waals surface area contributed by atoms with E-state index in [0.29, 0.717) is 5.02 Å². The molecule has 7 heteroatoms. The molecule has 0 spiro atoms. The standard InChI is InChI=1S/C20H21ClN2O4/c1-14(16-8-5-9-17(21)11-16)23-19(25)13-27-20(26)12-22-18(24)10-15-6-3-2-4-7-15/h2-9,11,14H,10,12-13H2,1H3,(H,22,24)(H,23,25)/t14-/m1/s1. The lowest BCUT2D eigenvalue weighted by Crippen LogP contribution is -2.35. The van der Waals surface area contributed by atoms with Crippen LogP contribution in [0.1, 0.15) is 24.1 Å². The van der Waals surface area contributed by atoms with E-state index < -0.39 is 18.5 Å². The van der Waals surface area contributed by atoms with E-state index in [1.165, 1.54) is 0 Å². The summed E-state index contributed by atoms with van der Waals surface area (Å²) in [5.74, 6) is -1.41. The predicted molar refractivity (Wildman–Crippen MR) is 102 cm³/mol. The highest BCUT2D eigenvalue weighted by Gasteiger charge is 2.13. The number of rotatable bonds is 8. The third kappa shape index (κ3) is 7.50. The summed E-state index contributed by atoms with van der Waals surface area (Å²) in [7, 11) is 0. The Bertz CT molecular complexity index is 796. The summed E-state index contributed by atoms with van der Waals surface area (Å²) in [4.78, 5) is 35.3. The average Bonchev–Trinajstić information content (AvgIpc) is 2.65. The van der Waals surface area contributed by atoms with Crippen LogP contribution in [-0.4, -0.2) is 30.9 Å². The molecule has 2 amide bonds. The summed E-state index contributed by atoms with van der Waals surface area (Å²) >= 11 is 5.92. The quantitative estimate of drug-likeness (QED) is 0.680. The second-order valence-electron chi connectivity index (χ2n) is 5.94. The van der Waals surface area contributed by atoms with Crippen molar-refractivity contribution in [3.05, 3.63) is 70.7 Å². The number of nitrogens with one attached hydrogen (secondary N) is 2. The van der Waals surface area contributed by atoms with Gasteiger partial charge >= 0.3 is 5.97 Å². The molecule has 2 N–H and O–H groups in total. The van der Waals surface area contributed by atoms with Crippen LogP contribution in [0.4, 0.5) is 0 Å². The van der Waals surface area contributed by atoms with Gasteiger partial charge in [-0.05, 0) is 30.2 Å². The molecule has 0 saturated carbocycles. The highest BCUT2D eigenvalue weighted by molar-refractivity contribution is 6.30. The number of carbonyl (C=O) groups is 3. The maximum Gasteiger partial charge on any atom is 0.325 e. The normalized spacial score (nSPS) is 11.3. The van der Waals surface area contributed by atoms with E-state index in [9.17, 15) is 14.4 Å². The smallest absolute Gasteiger partial charge is 0.325 e. The Morgan fingerprint density at radius 1 is 1.04 bits per heavy atom. The number of halogens is 1. The van der Waals surface area contributed by atoms with Crippen molar-refractivity contribution in [3.8, 4) is 0 Å². The van der Waals surface area contributed by atoms with Crippen LogP contribution < -0.4 is 10.6 Å². The minimum atomic E-state index is -0.679. The van der Waals surface area contributed by atoms with Gasteiger partial charge in [-0.3, -0.25) is 14.4 Å². The number of hydrogen-bond acceptors (Lipinski definition) is 4. The first-order valence-corrected chi connectivity index (χ1v) is 8.83. The van der Waals surface area contributed by atoms with E-state index in [2.05, 4.69) is 10.6 Å². The zero-order chi connectivity index (χ0) is 19.6. The van der Waals surface area contributed by atoms with Crippen molar-refractivity contribution in [2.45, 2.75) is 19.4 Å². The first-order valence-electron chi connectivity index (χ1n) is 8.45. The van der Waals surface area contributed by atoms with Gasteiger partial charge < -0.3 is 15.4 Å². The van der Waals surface area contributed by atoms with Crippen molar-refractivity contribution in [1.29, 1.82) is 0 Å². The third-order valence-electron chi connectivity index (χ3n) is 3.73. The van der Waals surface area contributed by atoms with Crippen LogP contribution in [0.5, 0.6) is 0 Å². The molecule has 0 bridgehead atoms. The topological polar surface area (TPSA) is 84.5 Å². The molecule has 142 valence electrons. The van der Waals surface area contributed by atoms with E-state index in [4.69, 9.17) is 16.3 Å². The summed E-state index contributed by atoms with van der Waals surface area (Å²) in [6.45, 7) is 1.09. The van der Waals surface area contributed by atoms with Gasteiger partial charge in [0.25, 0.3) is 5.91 Å². The van der Waals surface area contributed by atoms with Crippen LogP contribution in [0.2, 0.25) is 5.02 Å². The molecule has 0 aliphatic rings. The van der Waals surface area contributed by atoms with E-state index in [1.54, 1.807) is 25.1 Å². The molecular formula is C20H21ClN2O4. The highest BCUT2D eigenvalue weighted by atomic mass is 35.5. The Labute approximate surface area is 162 Å². The fraction of sp³-hybridized carbons (Fsp3) is 0.250. The van der Waals surface area contributed by atoms with Gasteiger partial charge in [0.15, 0.2) is 6.61 Å². The summed E-state index contributed by atoms with van der Waals surface area (Å²) in [6.07, 6.45) is 0.172. The van der Waals surface area contributed by atoms with Crippen molar-refractivity contribution in [2.24, 2.45) is 0 Å². The Balaban J connectivity index is 1.67. The van der Waals surface area contributed by atoms with Gasteiger partial charge in [-0.15, -0.1) is 0 Å². The Hall–Kier alpha value is -2.86. The summed E-state index contributed by atoms with van der Waals surface area (Å²) in [5.41, 5.74) is 1.69. The number of ether oxygens (including phenoxy) is 1. The van der Waals surface area contributed by atoms with Gasteiger partial charge in [0.05, 0.1) is 12.5 Å². The Kier molecular flexibility index (Phi) is 7.82. The molecule has 27 heavy (non-hydrogen) atoms. The van der Waals surface area contributed by atoms with Gasteiger partial charge in [-0.2, -0.15) is 0 Å². The van der Waals surface area contributed by atoms with Gasteiger partial charge in [0.2, 0.25) is 5.91 Å². The molecule has 2 aromatic rings. The van der Waals surface area contributed by atoms with Crippen molar-refractivity contribution >= 4 is 29.4 Å². The van der Waals surface area contributed by atoms with Crippen LogP contribution in [0.15, 0.2) is 54.6 Å². The highest BCUT2D eigenvalue weighted by Crippen LogP contribution is 2.17. The first-order chi connectivity index (χ1) is 12.9. The van der Waals surface area contributed by atoms with Gasteiger partial charge in [-0.1, -0.05) is 54.1 Å². The lowest BCUT2D eigenvalue weighted by molar-refractivity contribution is -0.148. The number of carbonyl (C=O) groups excluding carboxylic acids is 3. The number of hydrogen-bond donors (Lipinski definition) is 2. The van der Waals surface area contributed by atoms with Crippen LogP contribution in [0.25, 0.3) is 0 Å². The monoisotopic (exact) mass is 388 g/mol. The molecule has 0 heterocycles. The van der Waals surface area contributed by atoms with E-state index >= 15 is 0 Å². The summed E-state index contributed by atoms with van der Waals surface area (Å²) in [6, 6.07) is 16.0.